The van der Waals surface area contributed by atoms with Crippen molar-refractivity contribution in [3.63, 3.8) is 0 Å². The van der Waals surface area contributed by atoms with Gasteiger partial charge in [0.05, 0.1) is 0 Å². The molecule has 4 heteroatoms. The third kappa shape index (κ3) is 0.832. The van der Waals surface area contributed by atoms with E-state index in [0.29, 0.717) is 5.65 Å². The molecular formula is C7H7N3O. The second-order valence-electron chi connectivity index (χ2n) is 2.42. The molecule has 0 atom stereocenters. The average Bonchev–Trinajstić information content (AvgIpc) is 2.36. The second-order valence-corrected chi connectivity index (χ2v) is 2.42. The number of rotatable bonds is 0. The van der Waals surface area contributed by atoms with Gasteiger partial charge in [-0.15, -0.1) is 0 Å². The Morgan fingerprint density at radius 2 is 2.45 bits per heavy atom. The van der Waals surface area contributed by atoms with Crippen LogP contribution < -0.4 is 5.69 Å². The first-order valence-corrected chi connectivity index (χ1v) is 3.28. The lowest BCUT2D eigenvalue weighted by Gasteiger charge is -1.93. The zero-order valence-electron chi connectivity index (χ0n) is 6.03. The molecule has 2 aromatic rings. The molecule has 0 saturated carbocycles. The minimum atomic E-state index is -0.236. The van der Waals surface area contributed by atoms with Crippen molar-refractivity contribution in [3.8, 4) is 0 Å². The zero-order chi connectivity index (χ0) is 7.84. The van der Waals surface area contributed by atoms with Crippen molar-refractivity contribution in [3.05, 3.63) is 28.9 Å². The molecule has 1 N–H and O–H groups in total. The monoisotopic (exact) mass is 149 g/mol. The van der Waals surface area contributed by atoms with Crippen LogP contribution in [0.25, 0.3) is 11.0 Å². The van der Waals surface area contributed by atoms with Gasteiger partial charge in [0, 0.05) is 24.8 Å². The van der Waals surface area contributed by atoms with E-state index < -0.39 is 0 Å². The van der Waals surface area contributed by atoms with Crippen LogP contribution in [0.3, 0.4) is 0 Å². The summed E-state index contributed by atoms with van der Waals surface area (Å²) in [6.07, 6.45) is 3.51. The number of aromatic amines is 1. The fraction of sp³-hybridized carbons (Fsp3) is 0.143. The number of hydrogen-bond acceptors (Lipinski definition) is 2. The van der Waals surface area contributed by atoms with Gasteiger partial charge in [0.25, 0.3) is 0 Å². The third-order valence-corrected chi connectivity index (χ3v) is 1.60. The Balaban J connectivity index is 2.97. The van der Waals surface area contributed by atoms with E-state index in [1.54, 1.807) is 19.4 Å². The third-order valence-electron chi connectivity index (χ3n) is 1.60. The van der Waals surface area contributed by atoms with E-state index in [1.165, 1.54) is 4.57 Å². The summed E-state index contributed by atoms with van der Waals surface area (Å²) in [4.78, 5) is 17.6. The number of aryl methyl sites for hydroxylation is 1. The fourth-order valence-electron chi connectivity index (χ4n) is 1.01. The molecule has 0 aliphatic rings. The average molecular weight is 149 g/mol. The predicted octanol–water partition coefficient (Wildman–Crippen LogP) is 0.262. The highest BCUT2D eigenvalue weighted by Crippen LogP contribution is 2.03. The van der Waals surface area contributed by atoms with E-state index in [0.717, 1.165) is 5.39 Å². The number of hydrogen-bond donors (Lipinski definition) is 1. The summed E-state index contributed by atoms with van der Waals surface area (Å²) in [7, 11) is 1.68. The Labute approximate surface area is 62.5 Å². The normalized spacial score (nSPS) is 10.6. The molecule has 0 fully saturated rings. The van der Waals surface area contributed by atoms with Crippen LogP contribution in [0.5, 0.6) is 0 Å². The van der Waals surface area contributed by atoms with Crippen LogP contribution in [0.2, 0.25) is 0 Å². The van der Waals surface area contributed by atoms with Crippen molar-refractivity contribution in [1.29, 1.82) is 0 Å². The van der Waals surface area contributed by atoms with E-state index >= 15 is 0 Å². The van der Waals surface area contributed by atoms with Gasteiger partial charge in [0.2, 0.25) is 0 Å². The van der Waals surface area contributed by atoms with E-state index in [1.807, 2.05) is 6.07 Å². The largest absolute Gasteiger partial charge is 0.349 e. The minimum absolute atomic E-state index is 0.236. The fourth-order valence-corrected chi connectivity index (χ4v) is 1.01. The molecule has 0 aliphatic heterocycles. The number of nitrogens with zero attached hydrogens (tertiary/aromatic N) is 2. The predicted molar refractivity (Wildman–Crippen MR) is 41.3 cm³/mol. The number of H-pyrrole nitrogens is 1. The lowest BCUT2D eigenvalue weighted by Crippen LogP contribution is -2.18. The maximum atomic E-state index is 11.0. The SMILES string of the molecule is Cn1cc2cc[nH]c2nc1=O. The molecular weight excluding hydrogens is 142 g/mol. The van der Waals surface area contributed by atoms with Crippen LogP contribution in [0.15, 0.2) is 23.3 Å². The number of fused-ring (bicyclic) bond motifs is 1. The summed E-state index contributed by atoms with van der Waals surface area (Å²) >= 11 is 0. The van der Waals surface area contributed by atoms with Gasteiger partial charge in [-0.25, -0.2) is 4.79 Å². The highest BCUT2D eigenvalue weighted by Gasteiger charge is 1.96. The van der Waals surface area contributed by atoms with E-state index in [-0.39, 0.29) is 5.69 Å². The Hall–Kier alpha value is -1.58. The molecule has 0 bridgehead atoms. The van der Waals surface area contributed by atoms with Gasteiger partial charge in [-0.3, -0.25) is 0 Å². The smallest absolute Gasteiger partial charge is 0.346 e. The van der Waals surface area contributed by atoms with E-state index in [9.17, 15) is 4.79 Å². The van der Waals surface area contributed by atoms with Gasteiger partial charge in [0.1, 0.15) is 5.65 Å². The van der Waals surface area contributed by atoms with E-state index in [4.69, 9.17) is 0 Å². The van der Waals surface area contributed by atoms with Crippen molar-refractivity contribution in [2.75, 3.05) is 0 Å². The highest BCUT2D eigenvalue weighted by atomic mass is 16.1. The first-order valence-electron chi connectivity index (χ1n) is 3.28. The maximum Gasteiger partial charge on any atom is 0.349 e. The Morgan fingerprint density at radius 1 is 1.64 bits per heavy atom. The molecule has 0 aromatic carbocycles. The van der Waals surface area contributed by atoms with Crippen LogP contribution in [0.1, 0.15) is 0 Å². The van der Waals surface area contributed by atoms with Crippen LogP contribution in [-0.2, 0) is 7.05 Å². The quantitative estimate of drug-likeness (QED) is 0.584. The molecule has 0 unspecified atom stereocenters. The maximum absolute atomic E-state index is 11.0. The molecule has 2 heterocycles. The van der Waals surface area contributed by atoms with Gasteiger partial charge < -0.3 is 9.55 Å². The molecule has 56 valence electrons. The van der Waals surface area contributed by atoms with Gasteiger partial charge >= 0.3 is 5.69 Å². The number of nitrogens with one attached hydrogen (secondary N) is 1. The van der Waals surface area contributed by atoms with Crippen molar-refractivity contribution in [1.82, 2.24) is 14.5 Å². The standard InChI is InChI=1S/C7H7N3O/c1-10-4-5-2-3-8-6(5)9-7(10)11/h2-4H,1H3,(H,8,9,11). The first-order chi connectivity index (χ1) is 5.27. The van der Waals surface area contributed by atoms with Gasteiger partial charge in [-0.2, -0.15) is 4.98 Å². The van der Waals surface area contributed by atoms with E-state index in [2.05, 4.69) is 9.97 Å². The van der Waals surface area contributed by atoms with Gasteiger partial charge in [-0.1, -0.05) is 0 Å². The summed E-state index contributed by atoms with van der Waals surface area (Å²) in [6.45, 7) is 0. The van der Waals surface area contributed by atoms with Crippen LogP contribution >= 0.6 is 0 Å². The summed E-state index contributed by atoms with van der Waals surface area (Å²) in [5.74, 6) is 0. The second kappa shape index (κ2) is 1.95. The molecule has 2 rings (SSSR count). The molecule has 0 saturated heterocycles. The minimum Gasteiger partial charge on any atom is -0.346 e. The van der Waals surface area contributed by atoms with Crippen LogP contribution in [0, 0.1) is 0 Å². The molecule has 0 amide bonds. The van der Waals surface area contributed by atoms with Crippen molar-refractivity contribution >= 4 is 11.0 Å². The molecule has 0 radical (unpaired) electrons. The van der Waals surface area contributed by atoms with Gasteiger partial charge in [-0.05, 0) is 6.07 Å². The van der Waals surface area contributed by atoms with Crippen molar-refractivity contribution < 1.29 is 0 Å². The molecule has 11 heavy (non-hydrogen) atoms. The summed E-state index contributed by atoms with van der Waals surface area (Å²) in [5, 5.41) is 0.951. The van der Waals surface area contributed by atoms with Gasteiger partial charge in [0.15, 0.2) is 0 Å². The first kappa shape index (κ1) is 6.15. The Bertz CT molecular complexity index is 440. The Morgan fingerprint density at radius 3 is 3.27 bits per heavy atom. The van der Waals surface area contributed by atoms with Crippen molar-refractivity contribution in [2.24, 2.45) is 7.05 Å². The topological polar surface area (TPSA) is 50.7 Å². The summed E-state index contributed by atoms with van der Waals surface area (Å²) in [5.41, 5.74) is 0.410. The molecule has 0 spiro atoms. The van der Waals surface area contributed by atoms with Crippen LogP contribution in [0.4, 0.5) is 0 Å². The molecule has 4 nitrogen and oxygen atoms in total. The molecule has 2 aromatic heterocycles. The lowest BCUT2D eigenvalue weighted by atomic mass is 10.4. The highest BCUT2D eigenvalue weighted by molar-refractivity contribution is 5.73. The van der Waals surface area contributed by atoms with Crippen molar-refractivity contribution in [2.45, 2.75) is 0 Å². The zero-order valence-corrected chi connectivity index (χ0v) is 6.03. The Kier molecular flexibility index (Phi) is 1.09. The van der Waals surface area contributed by atoms with Crippen LogP contribution in [-0.4, -0.2) is 14.5 Å². The lowest BCUT2D eigenvalue weighted by molar-refractivity contribution is 0.825. The summed E-state index contributed by atoms with van der Waals surface area (Å²) < 4.78 is 1.45. The summed E-state index contributed by atoms with van der Waals surface area (Å²) in [6, 6.07) is 1.88. The number of aromatic nitrogens is 3. The molecule has 0 aliphatic carbocycles.